The molecule has 0 unspecified atom stereocenters. The Hall–Kier alpha value is -1.60. The molecule has 1 aliphatic heterocycles. The van der Waals surface area contributed by atoms with Crippen LogP contribution in [0.4, 0.5) is 13.2 Å². The standard InChI is InChI=1S/C16H21F3N2O2/c1-21(11-15(22)20-9-14-3-2-8-23-14)10-12-4-6-13(7-5-12)16(17,18)19/h4-7,14H,2-3,8-11H2,1H3,(H,20,22)/t14-/m0/s1. The summed E-state index contributed by atoms with van der Waals surface area (Å²) in [6, 6.07) is 4.98. The highest BCUT2D eigenvalue weighted by molar-refractivity contribution is 5.78. The second-order valence-electron chi connectivity index (χ2n) is 5.81. The summed E-state index contributed by atoms with van der Waals surface area (Å²) in [6.07, 6.45) is -2.25. The van der Waals surface area contributed by atoms with Crippen molar-refractivity contribution in [3.05, 3.63) is 35.4 Å². The van der Waals surface area contributed by atoms with Gasteiger partial charge in [-0.15, -0.1) is 0 Å². The van der Waals surface area contributed by atoms with Crippen LogP contribution in [0.15, 0.2) is 24.3 Å². The Kier molecular flexibility index (Phi) is 6.01. The first-order valence-corrected chi connectivity index (χ1v) is 7.57. The fourth-order valence-corrected chi connectivity index (χ4v) is 2.50. The molecule has 1 aromatic rings. The zero-order valence-electron chi connectivity index (χ0n) is 13.0. The van der Waals surface area contributed by atoms with Gasteiger partial charge in [0.15, 0.2) is 0 Å². The number of nitrogens with one attached hydrogen (secondary N) is 1. The van der Waals surface area contributed by atoms with Crippen molar-refractivity contribution in [2.24, 2.45) is 0 Å². The van der Waals surface area contributed by atoms with Crippen molar-refractivity contribution in [2.75, 3.05) is 26.7 Å². The van der Waals surface area contributed by atoms with E-state index in [2.05, 4.69) is 5.32 Å². The van der Waals surface area contributed by atoms with Crippen LogP contribution in [0, 0.1) is 0 Å². The molecular formula is C16H21F3N2O2. The monoisotopic (exact) mass is 330 g/mol. The van der Waals surface area contributed by atoms with Gasteiger partial charge in [0.1, 0.15) is 0 Å². The minimum absolute atomic E-state index is 0.0965. The molecule has 128 valence electrons. The van der Waals surface area contributed by atoms with E-state index in [1.165, 1.54) is 12.1 Å². The van der Waals surface area contributed by atoms with Gasteiger partial charge in [0.05, 0.1) is 18.2 Å². The zero-order chi connectivity index (χ0) is 16.9. The lowest BCUT2D eigenvalue weighted by Crippen LogP contribution is -2.38. The summed E-state index contributed by atoms with van der Waals surface area (Å²) in [7, 11) is 1.75. The minimum atomic E-state index is -4.33. The van der Waals surface area contributed by atoms with Gasteiger partial charge in [-0.1, -0.05) is 12.1 Å². The van der Waals surface area contributed by atoms with Crippen LogP contribution in [0.2, 0.25) is 0 Å². The van der Waals surface area contributed by atoms with E-state index in [1.807, 2.05) is 0 Å². The number of carbonyl (C=O) groups is 1. The average Bonchev–Trinajstić information content (AvgIpc) is 2.98. The summed E-state index contributed by atoms with van der Waals surface area (Å²) < 4.78 is 42.9. The van der Waals surface area contributed by atoms with Crippen LogP contribution in [-0.4, -0.2) is 43.7 Å². The average molecular weight is 330 g/mol. The van der Waals surface area contributed by atoms with E-state index in [9.17, 15) is 18.0 Å². The van der Waals surface area contributed by atoms with Gasteiger partial charge in [0, 0.05) is 19.7 Å². The molecule has 1 atom stereocenters. The lowest BCUT2D eigenvalue weighted by molar-refractivity contribution is -0.137. The van der Waals surface area contributed by atoms with Crippen molar-refractivity contribution in [3.63, 3.8) is 0 Å². The molecule has 0 spiro atoms. The fourth-order valence-electron chi connectivity index (χ4n) is 2.50. The number of hydrogen-bond acceptors (Lipinski definition) is 3. The number of alkyl halides is 3. The highest BCUT2D eigenvalue weighted by Gasteiger charge is 2.29. The summed E-state index contributed by atoms with van der Waals surface area (Å²) in [4.78, 5) is 13.6. The predicted octanol–water partition coefficient (Wildman–Crippen LogP) is 2.43. The van der Waals surface area contributed by atoms with Crippen LogP contribution in [0.5, 0.6) is 0 Å². The van der Waals surface area contributed by atoms with E-state index in [0.717, 1.165) is 37.1 Å². The Morgan fingerprint density at radius 1 is 1.35 bits per heavy atom. The van der Waals surface area contributed by atoms with Gasteiger partial charge in [0.25, 0.3) is 0 Å². The quantitative estimate of drug-likeness (QED) is 0.871. The Morgan fingerprint density at radius 2 is 2.04 bits per heavy atom. The van der Waals surface area contributed by atoms with Crippen LogP contribution < -0.4 is 5.32 Å². The Labute approximate surface area is 133 Å². The van der Waals surface area contributed by atoms with Gasteiger partial charge in [-0.3, -0.25) is 9.69 Å². The van der Waals surface area contributed by atoms with Crippen LogP contribution in [0.1, 0.15) is 24.0 Å². The first kappa shape index (κ1) is 17.7. The van der Waals surface area contributed by atoms with Crippen molar-refractivity contribution in [3.8, 4) is 0 Å². The van der Waals surface area contributed by atoms with Gasteiger partial charge >= 0.3 is 6.18 Å². The van der Waals surface area contributed by atoms with Gasteiger partial charge in [0.2, 0.25) is 5.91 Å². The fraction of sp³-hybridized carbons (Fsp3) is 0.562. The maximum Gasteiger partial charge on any atom is 0.416 e. The number of carbonyl (C=O) groups excluding carboxylic acids is 1. The van der Waals surface area contributed by atoms with Gasteiger partial charge in [-0.25, -0.2) is 0 Å². The van der Waals surface area contributed by atoms with Gasteiger partial charge < -0.3 is 10.1 Å². The maximum atomic E-state index is 12.5. The summed E-state index contributed by atoms with van der Waals surface area (Å²) in [5, 5.41) is 2.82. The van der Waals surface area contributed by atoms with Gasteiger partial charge in [-0.05, 0) is 37.6 Å². The molecular weight excluding hydrogens is 309 g/mol. The molecule has 0 radical (unpaired) electrons. The molecule has 4 nitrogen and oxygen atoms in total. The summed E-state index contributed by atoms with van der Waals surface area (Å²) in [5.41, 5.74) is 0.0608. The topological polar surface area (TPSA) is 41.6 Å². The number of ether oxygens (including phenoxy) is 1. The smallest absolute Gasteiger partial charge is 0.376 e. The van der Waals surface area contributed by atoms with Crippen molar-refractivity contribution in [1.82, 2.24) is 10.2 Å². The Morgan fingerprint density at radius 3 is 2.61 bits per heavy atom. The maximum absolute atomic E-state index is 12.5. The number of amides is 1. The highest BCUT2D eigenvalue weighted by atomic mass is 19.4. The molecule has 1 heterocycles. The SMILES string of the molecule is CN(CC(=O)NC[C@@H]1CCCO1)Cc1ccc(C(F)(F)F)cc1. The number of nitrogens with zero attached hydrogens (tertiary/aromatic N) is 1. The second kappa shape index (κ2) is 7.79. The summed E-state index contributed by atoms with van der Waals surface area (Å²) in [6.45, 7) is 1.85. The summed E-state index contributed by atoms with van der Waals surface area (Å²) in [5.74, 6) is -0.116. The number of rotatable bonds is 6. The molecule has 0 aromatic heterocycles. The number of hydrogen-bond donors (Lipinski definition) is 1. The lowest BCUT2D eigenvalue weighted by Gasteiger charge is -2.18. The predicted molar refractivity (Wildman–Crippen MR) is 79.8 cm³/mol. The number of halogens is 3. The van der Waals surface area contributed by atoms with E-state index in [0.29, 0.717) is 13.1 Å². The molecule has 1 aromatic carbocycles. The van der Waals surface area contributed by atoms with E-state index in [-0.39, 0.29) is 18.6 Å². The zero-order valence-corrected chi connectivity index (χ0v) is 13.0. The normalized spacial score (nSPS) is 18.4. The molecule has 1 saturated heterocycles. The molecule has 0 aliphatic carbocycles. The molecule has 1 aliphatic rings. The van der Waals surface area contributed by atoms with E-state index >= 15 is 0 Å². The third-order valence-electron chi connectivity index (χ3n) is 3.70. The first-order chi connectivity index (χ1) is 10.8. The van der Waals surface area contributed by atoms with Crippen molar-refractivity contribution >= 4 is 5.91 Å². The van der Waals surface area contributed by atoms with Crippen LogP contribution in [-0.2, 0) is 22.3 Å². The first-order valence-electron chi connectivity index (χ1n) is 7.57. The van der Waals surface area contributed by atoms with E-state index < -0.39 is 11.7 Å². The van der Waals surface area contributed by atoms with Crippen LogP contribution in [0.25, 0.3) is 0 Å². The Balaban J connectivity index is 1.75. The molecule has 0 saturated carbocycles. The molecule has 1 N–H and O–H groups in total. The molecule has 0 bridgehead atoms. The minimum Gasteiger partial charge on any atom is -0.376 e. The van der Waals surface area contributed by atoms with Crippen LogP contribution >= 0.6 is 0 Å². The third kappa shape index (κ3) is 5.84. The summed E-state index contributed by atoms with van der Waals surface area (Å²) >= 11 is 0. The van der Waals surface area contributed by atoms with E-state index in [4.69, 9.17) is 4.74 Å². The molecule has 23 heavy (non-hydrogen) atoms. The van der Waals surface area contributed by atoms with Crippen molar-refractivity contribution in [1.29, 1.82) is 0 Å². The van der Waals surface area contributed by atoms with Crippen molar-refractivity contribution < 1.29 is 22.7 Å². The van der Waals surface area contributed by atoms with Crippen molar-refractivity contribution in [2.45, 2.75) is 31.7 Å². The van der Waals surface area contributed by atoms with E-state index in [1.54, 1.807) is 11.9 Å². The highest BCUT2D eigenvalue weighted by Crippen LogP contribution is 2.29. The lowest BCUT2D eigenvalue weighted by atomic mass is 10.1. The second-order valence-corrected chi connectivity index (χ2v) is 5.81. The molecule has 1 fully saturated rings. The largest absolute Gasteiger partial charge is 0.416 e. The third-order valence-corrected chi connectivity index (χ3v) is 3.70. The van der Waals surface area contributed by atoms with Crippen LogP contribution in [0.3, 0.4) is 0 Å². The molecule has 2 rings (SSSR count). The van der Waals surface area contributed by atoms with Gasteiger partial charge in [-0.2, -0.15) is 13.2 Å². The number of likely N-dealkylation sites (N-methyl/N-ethyl adjacent to an activating group) is 1. The number of benzene rings is 1. The Bertz CT molecular complexity index is 511. The molecule has 1 amide bonds. The molecule has 7 heteroatoms.